The molecule has 1 aliphatic carbocycles. The van der Waals surface area contributed by atoms with E-state index in [1.165, 1.54) is 18.9 Å². The molecule has 1 unspecified atom stereocenters. The molecule has 0 heterocycles. The topological polar surface area (TPSA) is 76.1 Å². The van der Waals surface area contributed by atoms with Crippen LogP contribution in [0.4, 0.5) is 0 Å². The molecule has 0 bridgehead atoms. The van der Waals surface area contributed by atoms with Gasteiger partial charge in [-0.05, 0) is 43.9 Å². The number of aliphatic carboxylic acids is 1. The van der Waals surface area contributed by atoms with Gasteiger partial charge < -0.3 is 19.5 Å². The summed E-state index contributed by atoms with van der Waals surface area (Å²) in [5.41, 5.74) is 1.03. The molecule has 2 rings (SSSR count). The van der Waals surface area contributed by atoms with Crippen molar-refractivity contribution in [2.24, 2.45) is 0 Å². The van der Waals surface area contributed by atoms with Crippen LogP contribution in [0.25, 0.3) is 0 Å². The monoisotopic (exact) mass is 333 g/mol. The summed E-state index contributed by atoms with van der Waals surface area (Å²) < 4.78 is 10.9. The number of hydrogen-bond donors (Lipinski definition) is 1. The zero-order valence-electron chi connectivity index (χ0n) is 14.0. The minimum Gasteiger partial charge on any atom is -0.493 e. The summed E-state index contributed by atoms with van der Waals surface area (Å²) in [5, 5.41) is 9.16. The van der Waals surface area contributed by atoms with Crippen molar-refractivity contribution in [2.75, 3.05) is 13.7 Å². The van der Waals surface area contributed by atoms with Gasteiger partial charge in [0.25, 0.3) is 5.91 Å². The Bertz CT molecular complexity index is 624. The molecule has 24 heavy (non-hydrogen) atoms. The normalized spacial score (nSPS) is 14.6. The van der Waals surface area contributed by atoms with E-state index in [1.807, 2.05) is 12.1 Å². The molecule has 0 aliphatic heterocycles. The number of carboxylic acids is 1. The maximum atomic E-state index is 12.4. The number of rotatable bonds is 9. The third-order valence-electron chi connectivity index (χ3n) is 3.96. The number of carboxylic acid groups (broad SMARTS) is 1. The Balaban J connectivity index is 2.04. The standard InChI is InChI=1S/C18H23NO5/c1-4-5-13-6-9-15(16(10-13)23-3)24-11-17(20)19(14-7-8-14)12(2)18(21)22/h4,6,9-10,12,14H,1,5,7-8,11H2,2-3H3,(H,21,22). The zero-order valence-corrected chi connectivity index (χ0v) is 14.0. The average molecular weight is 333 g/mol. The van der Waals surface area contributed by atoms with Crippen molar-refractivity contribution in [1.29, 1.82) is 0 Å². The van der Waals surface area contributed by atoms with Crippen LogP contribution in [-0.2, 0) is 16.0 Å². The number of carbonyl (C=O) groups is 2. The maximum absolute atomic E-state index is 12.4. The van der Waals surface area contributed by atoms with Crippen LogP contribution in [0.15, 0.2) is 30.9 Å². The molecule has 1 fully saturated rings. The molecule has 1 aromatic rings. The van der Waals surface area contributed by atoms with Crippen molar-refractivity contribution >= 4 is 11.9 Å². The molecular weight excluding hydrogens is 310 g/mol. The second kappa shape index (κ2) is 7.86. The summed E-state index contributed by atoms with van der Waals surface area (Å²) in [7, 11) is 1.53. The molecule has 1 aromatic carbocycles. The third kappa shape index (κ3) is 4.28. The largest absolute Gasteiger partial charge is 0.493 e. The molecule has 0 spiro atoms. The quantitative estimate of drug-likeness (QED) is 0.702. The molecule has 130 valence electrons. The predicted molar refractivity (Wildman–Crippen MR) is 89.4 cm³/mol. The van der Waals surface area contributed by atoms with Gasteiger partial charge in [0, 0.05) is 6.04 Å². The predicted octanol–water partition coefficient (Wildman–Crippen LogP) is 2.27. The first-order valence-corrected chi connectivity index (χ1v) is 7.92. The zero-order chi connectivity index (χ0) is 17.7. The van der Waals surface area contributed by atoms with E-state index in [1.54, 1.807) is 12.1 Å². The molecule has 1 N–H and O–H groups in total. The van der Waals surface area contributed by atoms with Crippen molar-refractivity contribution in [3.63, 3.8) is 0 Å². The van der Waals surface area contributed by atoms with E-state index in [-0.39, 0.29) is 18.6 Å². The van der Waals surface area contributed by atoms with Crippen LogP contribution in [0.1, 0.15) is 25.3 Å². The van der Waals surface area contributed by atoms with E-state index in [0.29, 0.717) is 17.9 Å². The molecular formula is C18H23NO5. The second-order valence-electron chi connectivity index (χ2n) is 5.81. The van der Waals surface area contributed by atoms with Gasteiger partial charge in [0.1, 0.15) is 6.04 Å². The van der Waals surface area contributed by atoms with Crippen molar-refractivity contribution in [3.8, 4) is 11.5 Å². The van der Waals surface area contributed by atoms with E-state index >= 15 is 0 Å². The fraction of sp³-hybridized carbons (Fsp3) is 0.444. The van der Waals surface area contributed by atoms with Crippen molar-refractivity contribution in [2.45, 2.75) is 38.3 Å². The molecule has 1 saturated carbocycles. The third-order valence-corrected chi connectivity index (χ3v) is 3.96. The maximum Gasteiger partial charge on any atom is 0.326 e. The van der Waals surface area contributed by atoms with Crippen LogP contribution in [0, 0.1) is 0 Å². The molecule has 6 heteroatoms. The number of benzene rings is 1. The lowest BCUT2D eigenvalue weighted by atomic mass is 10.1. The van der Waals surface area contributed by atoms with Gasteiger partial charge in [-0.3, -0.25) is 4.79 Å². The molecule has 1 amide bonds. The average Bonchev–Trinajstić information content (AvgIpc) is 3.38. The molecule has 0 saturated heterocycles. The minimum atomic E-state index is -1.01. The van der Waals surface area contributed by atoms with Gasteiger partial charge in [-0.25, -0.2) is 4.79 Å². The summed E-state index contributed by atoms with van der Waals surface area (Å²) in [6, 6.07) is 4.60. The highest BCUT2D eigenvalue weighted by Crippen LogP contribution is 2.31. The Labute approximate surface area is 141 Å². The molecule has 0 aromatic heterocycles. The van der Waals surface area contributed by atoms with E-state index in [2.05, 4.69) is 6.58 Å². The lowest BCUT2D eigenvalue weighted by Crippen LogP contribution is -2.46. The van der Waals surface area contributed by atoms with Gasteiger partial charge in [0.15, 0.2) is 18.1 Å². The van der Waals surface area contributed by atoms with Gasteiger partial charge in [-0.2, -0.15) is 0 Å². The number of amides is 1. The van der Waals surface area contributed by atoms with Gasteiger partial charge in [-0.1, -0.05) is 12.1 Å². The smallest absolute Gasteiger partial charge is 0.326 e. The minimum absolute atomic E-state index is 0.00376. The first kappa shape index (κ1) is 17.8. The Hall–Kier alpha value is -2.50. The van der Waals surface area contributed by atoms with E-state index in [4.69, 9.17) is 14.6 Å². The van der Waals surface area contributed by atoms with Crippen molar-refractivity contribution in [1.82, 2.24) is 4.90 Å². The highest BCUT2D eigenvalue weighted by Gasteiger charge is 2.38. The van der Waals surface area contributed by atoms with Crippen molar-refractivity contribution < 1.29 is 24.2 Å². The summed E-state index contributed by atoms with van der Waals surface area (Å²) in [6.45, 7) is 5.00. The highest BCUT2D eigenvalue weighted by atomic mass is 16.5. The fourth-order valence-electron chi connectivity index (χ4n) is 2.55. The van der Waals surface area contributed by atoms with Gasteiger partial charge in [0.2, 0.25) is 0 Å². The van der Waals surface area contributed by atoms with Gasteiger partial charge in [0.05, 0.1) is 7.11 Å². The first-order valence-electron chi connectivity index (χ1n) is 7.92. The van der Waals surface area contributed by atoms with Crippen LogP contribution < -0.4 is 9.47 Å². The Morgan fingerprint density at radius 3 is 2.67 bits per heavy atom. The molecule has 0 radical (unpaired) electrons. The SMILES string of the molecule is C=CCc1ccc(OCC(=O)N(C2CC2)C(C)C(=O)O)c(OC)c1. The molecule has 1 atom stereocenters. The Morgan fingerprint density at radius 1 is 1.42 bits per heavy atom. The van der Waals surface area contributed by atoms with E-state index in [0.717, 1.165) is 18.4 Å². The summed E-state index contributed by atoms with van der Waals surface area (Å²) >= 11 is 0. The summed E-state index contributed by atoms with van der Waals surface area (Å²) in [4.78, 5) is 25.0. The number of hydrogen-bond acceptors (Lipinski definition) is 4. The van der Waals surface area contributed by atoms with Crippen LogP contribution in [0.2, 0.25) is 0 Å². The van der Waals surface area contributed by atoms with Gasteiger partial charge >= 0.3 is 5.97 Å². The molecule has 1 aliphatic rings. The lowest BCUT2D eigenvalue weighted by Gasteiger charge is -2.26. The Kier molecular flexibility index (Phi) is 5.84. The fourth-order valence-corrected chi connectivity index (χ4v) is 2.55. The summed E-state index contributed by atoms with van der Waals surface area (Å²) in [6.07, 6.45) is 4.17. The van der Waals surface area contributed by atoms with Crippen LogP contribution in [-0.4, -0.2) is 47.7 Å². The van der Waals surface area contributed by atoms with E-state index in [9.17, 15) is 9.59 Å². The van der Waals surface area contributed by atoms with E-state index < -0.39 is 12.0 Å². The number of allylic oxidation sites excluding steroid dienone is 1. The highest BCUT2D eigenvalue weighted by molar-refractivity contribution is 5.85. The molecule has 6 nitrogen and oxygen atoms in total. The summed E-state index contributed by atoms with van der Waals surface area (Å²) in [5.74, 6) is -0.352. The van der Waals surface area contributed by atoms with Crippen molar-refractivity contribution in [3.05, 3.63) is 36.4 Å². The van der Waals surface area contributed by atoms with Crippen LogP contribution >= 0.6 is 0 Å². The van der Waals surface area contributed by atoms with Crippen LogP contribution in [0.3, 0.4) is 0 Å². The first-order chi connectivity index (χ1) is 11.5. The number of carbonyl (C=O) groups excluding carboxylic acids is 1. The van der Waals surface area contributed by atoms with Crippen LogP contribution in [0.5, 0.6) is 11.5 Å². The lowest BCUT2D eigenvalue weighted by molar-refractivity contribution is -0.150. The second-order valence-corrected chi connectivity index (χ2v) is 5.81. The Morgan fingerprint density at radius 2 is 2.12 bits per heavy atom. The number of methoxy groups -OCH3 is 1. The number of ether oxygens (including phenoxy) is 2. The number of nitrogens with zero attached hydrogens (tertiary/aromatic N) is 1. The van der Waals surface area contributed by atoms with Gasteiger partial charge in [-0.15, -0.1) is 6.58 Å².